The molecule has 1 N–H and O–H groups in total. The maximum absolute atomic E-state index is 13.2. The molecular weight excluding hydrogens is 484 g/mol. The van der Waals surface area contributed by atoms with Gasteiger partial charge in [0.2, 0.25) is 5.88 Å². The first-order valence-electron chi connectivity index (χ1n) is 10.0. The Balaban J connectivity index is 1.62. The first kappa shape index (κ1) is 23.9. The van der Waals surface area contributed by atoms with E-state index in [0.717, 1.165) is 0 Å². The second kappa shape index (κ2) is 10.8. The number of anilines is 1. The minimum Gasteiger partial charge on any atom is -0.593 e. The van der Waals surface area contributed by atoms with Crippen LogP contribution in [0.15, 0.2) is 47.4 Å². The van der Waals surface area contributed by atoms with Gasteiger partial charge in [0.15, 0.2) is 28.8 Å². The summed E-state index contributed by atoms with van der Waals surface area (Å²) in [4.78, 5) is 12.8. The maximum atomic E-state index is 13.2. The summed E-state index contributed by atoms with van der Waals surface area (Å²) in [5.41, 5.74) is 0.516. The Labute approximate surface area is 203 Å². The van der Waals surface area contributed by atoms with Gasteiger partial charge in [-0.25, -0.2) is 15.0 Å². The Bertz CT molecular complexity index is 1210. The summed E-state index contributed by atoms with van der Waals surface area (Å²) >= 11 is 4.21. The molecule has 4 rings (SSSR count). The van der Waals surface area contributed by atoms with E-state index in [9.17, 15) is 4.55 Å². The van der Waals surface area contributed by atoms with Crippen LogP contribution in [0, 0.1) is 0 Å². The summed E-state index contributed by atoms with van der Waals surface area (Å²) < 4.78 is 33.8. The molecule has 4 aromatic rings. The molecule has 0 saturated heterocycles. The average molecular weight is 505 g/mol. The van der Waals surface area contributed by atoms with Crippen LogP contribution in [0.5, 0.6) is 5.88 Å². The van der Waals surface area contributed by atoms with E-state index in [1.54, 1.807) is 35.8 Å². The zero-order valence-electron chi connectivity index (χ0n) is 18.5. The van der Waals surface area contributed by atoms with Crippen LogP contribution < -0.4 is 9.46 Å². The van der Waals surface area contributed by atoms with Crippen LogP contribution in [0.2, 0.25) is 5.02 Å². The van der Waals surface area contributed by atoms with E-state index in [4.69, 9.17) is 25.6 Å². The van der Waals surface area contributed by atoms with Crippen LogP contribution in [0.25, 0.3) is 11.5 Å². The van der Waals surface area contributed by atoms with Crippen molar-refractivity contribution in [3.05, 3.63) is 59.5 Å². The highest BCUT2D eigenvalue weighted by atomic mass is 35.5. The molecule has 4 heterocycles. The van der Waals surface area contributed by atoms with Gasteiger partial charge in [0.25, 0.3) is 5.95 Å². The second-order valence-electron chi connectivity index (χ2n) is 7.00. The van der Waals surface area contributed by atoms with E-state index in [1.807, 2.05) is 0 Å². The third-order valence-corrected chi connectivity index (χ3v) is 6.32. The highest BCUT2D eigenvalue weighted by Crippen LogP contribution is 2.27. The lowest BCUT2D eigenvalue weighted by atomic mass is 10.2. The van der Waals surface area contributed by atoms with Crippen molar-refractivity contribution in [2.45, 2.75) is 24.8 Å². The molecular formula is C20H21ClN8O4S. The Morgan fingerprint density at radius 3 is 2.68 bits per heavy atom. The first-order valence-corrected chi connectivity index (χ1v) is 11.6. The van der Waals surface area contributed by atoms with Crippen LogP contribution in [-0.4, -0.2) is 58.9 Å². The van der Waals surface area contributed by atoms with Gasteiger partial charge in [0.05, 0.1) is 36.2 Å². The molecule has 0 radical (unpaired) electrons. The molecule has 0 saturated carbocycles. The number of nitrogens with one attached hydrogen (secondary N) is 1. The van der Waals surface area contributed by atoms with E-state index in [1.165, 1.54) is 32.8 Å². The molecule has 14 heteroatoms. The van der Waals surface area contributed by atoms with E-state index in [0.29, 0.717) is 34.0 Å². The van der Waals surface area contributed by atoms with E-state index >= 15 is 0 Å². The zero-order chi connectivity index (χ0) is 24.1. The molecule has 4 aromatic heterocycles. The predicted molar refractivity (Wildman–Crippen MR) is 123 cm³/mol. The van der Waals surface area contributed by atoms with E-state index in [2.05, 4.69) is 35.0 Å². The van der Waals surface area contributed by atoms with E-state index in [-0.39, 0.29) is 12.5 Å². The lowest BCUT2D eigenvalue weighted by molar-refractivity contribution is 0.0950. The van der Waals surface area contributed by atoms with Crippen molar-refractivity contribution in [2.24, 2.45) is 0 Å². The van der Waals surface area contributed by atoms with Gasteiger partial charge in [0, 0.05) is 31.6 Å². The minimum atomic E-state index is -1.66. The van der Waals surface area contributed by atoms with Gasteiger partial charge in [-0.15, -0.1) is 10.2 Å². The molecule has 12 nitrogen and oxygen atoms in total. The van der Waals surface area contributed by atoms with Gasteiger partial charge in [-0.2, -0.15) is 4.72 Å². The minimum absolute atomic E-state index is 0.225. The van der Waals surface area contributed by atoms with Crippen LogP contribution >= 0.6 is 11.6 Å². The fraction of sp³-hybridized carbons (Fsp3) is 0.300. The Morgan fingerprint density at radius 1 is 1.21 bits per heavy atom. The van der Waals surface area contributed by atoms with Gasteiger partial charge in [0.1, 0.15) is 5.69 Å². The number of methoxy groups -OCH3 is 2. The largest absolute Gasteiger partial charge is 0.593 e. The molecule has 0 spiro atoms. The van der Waals surface area contributed by atoms with Gasteiger partial charge in [-0.3, -0.25) is 4.57 Å². The van der Waals surface area contributed by atoms with Crippen molar-refractivity contribution in [1.29, 1.82) is 0 Å². The zero-order valence-corrected chi connectivity index (χ0v) is 20.0. The molecule has 0 aliphatic carbocycles. The molecule has 0 aliphatic heterocycles. The highest BCUT2D eigenvalue weighted by Gasteiger charge is 2.33. The lowest BCUT2D eigenvalue weighted by Crippen LogP contribution is -2.33. The number of pyridine rings is 1. The first-order chi connectivity index (χ1) is 16.5. The molecule has 0 aromatic carbocycles. The van der Waals surface area contributed by atoms with Gasteiger partial charge in [-0.1, -0.05) is 22.8 Å². The number of nitrogens with zero attached hydrogens (tertiary/aromatic N) is 7. The molecule has 0 fully saturated rings. The molecule has 178 valence electrons. The average Bonchev–Trinajstić information content (AvgIpc) is 3.51. The summed E-state index contributed by atoms with van der Waals surface area (Å²) in [7, 11) is 3.02. The summed E-state index contributed by atoms with van der Waals surface area (Å²) in [5.74, 6) is 2.00. The standard InChI is InChI=1S/C20H21ClN8O4S/c1-12(17(32-3)18-22-9-13(21)10-23-18)34(30)28-20-27-26-19(15-5-4-6-16(25-15)31-2)29(20)11-14-7-8-24-33-14/h4-10,12,17H,11H2,1-3H3,(H,27,28). The Hall–Kier alpha value is -3.26. The molecule has 0 aliphatic rings. The van der Waals surface area contributed by atoms with E-state index < -0.39 is 22.7 Å². The van der Waals surface area contributed by atoms with Gasteiger partial charge >= 0.3 is 0 Å². The van der Waals surface area contributed by atoms with Crippen molar-refractivity contribution >= 4 is 28.9 Å². The van der Waals surface area contributed by atoms with Gasteiger partial charge in [-0.05, 0) is 13.0 Å². The van der Waals surface area contributed by atoms with Crippen molar-refractivity contribution in [3.63, 3.8) is 0 Å². The van der Waals surface area contributed by atoms with Crippen LogP contribution in [0.1, 0.15) is 24.6 Å². The van der Waals surface area contributed by atoms with Crippen LogP contribution in [0.3, 0.4) is 0 Å². The van der Waals surface area contributed by atoms with Crippen molar-refractivity contribution in [2.75, 3.05) is 18.9 Å². The number of hydrogen-bond donors (Lipinski definition) is 1. The monoisotopic (exact) mass is 504 g/mol. The van der Waals surface area contributed by atoms with Crippen molar-refractivity contribution < 1.29 is 18.5 Å². The number of ether oxygens (including phenoxy) is 2. The van der Waals surface area contributed by atoms with Crippen molar-refractivity contribution in [3.8, 4) is 17.4 Å². The highest BCUT2D eigenvalue weighted by molar-refractivity contribution is 7.93. The number of hydrogen-bond acceptors (Lipinski definition) is 11. The fourth-order valence-electron chi connectivity index (χ4n) is 3.12. The quantitative estimate of drug-likeness (QED) is 0.317. The summed E-state index contributed by atoms with van der Waals surface area (Å²) in [6.07, 6.45) is 3.79. The molecule has 0 amide bonds. The smallest absolute Gasteiger partial charge is 0.267 e. The Kier molecular flexibility index (Phi) is 7.57. The Morgan fingerprint density at radius 2 is 2.00 bits per heavy atom. The molecule has 3 atom stereocenters. The summed E-state index contributed by atoms with van der Waals surface area (Å²) in [5, 5.41) is 12.0. The number of aromatic nitrogens is 7. The topological polar surface area (TPSA) is 149 Å². The summed E-state index contributed by atoms with van der Waals surface area (Å²) in [6.45, 7) is 1.97. The normalized spacial score (nSPS) is 13.9. The lowest BCUT2D eigenvalue weighted by Gasteiger charge is -2.23. The van der Waals surface area contributed by atoms with Crippen molar-refractivity contribution in [1.82, 2.24) is 34.9 Å². The third-order valence-electron chi connectivity index (χ3n) is 4.82. The SMILES string of the molecule is COc1cccc(-c2nnc(N[S+]([O-])C(C)C(OC)c3ncc(Cl)cn3)n2Cc2ccno2)n1. The molecule has 3 unspecified atom stereocenters. The fourth-order valence-corrected chi connectivity index (χ4v) is 4.19. The van der Waals surface area contributed by atoms with Gasteiger partial charge < -0.3 is 18.5 Å². The van der Waals surface area contributed by atoms with Crippen LogP contribution in [-0.2, 0) is 22.6 Å². The molecule has 34 heavy (non-hydrogen) atoms. The molecule has 0 bridgehead atoms. The van der Waals surface area contributed by atoms with Crippen LogP contribution in [0.4, 0.5) is 5.95 Å². The predicted octanol–water partition coefficient (Wildman–Crippen LogP) is 2.68. The third kappa shape index (κ3) is 5.28. The number of halogens is 1. The second-order valence-corrected chi connectivity index (χ2v) is 8.98. The number of rotatable bonds is 10. The summed E-state index contributed by atoms with van der Waals surface area (Å²) in [6, 6.07) is 6.99. The maximum Gasteiger partial charge on any atom is 0.267 e.